The Morgan fingerprint density at radius 2 is 1.75 bits per heavy atom. The topological polar surface area (TPSA) is 51.2 Å². The lowest BCUT2D eigenvalue weighted by Gasteiger charge is -2.09. The highest BCUT2D eigenvalue weighted by Crippen LogP contribution is 2.23. The van der Waals surface area contributed by atoms with Crippen LogP contribution in [0.4, 0.5) is 5.69 Å². The smallest absolute Gasteiger partial charge is 0.228 e. The van der Waals surface area contributed by atoms with Crippen LogP contribution in [-0.2, 0) is 11.2 Å². The van der Waals surface area contributed by atoms with Crippen LogP contribution in [-0.4, -0.2) is 10.9 Å². The van der Waals surface area contributed by atoms with E-state index >= 15 is 0 Å². The zero-order valence-electron chi connectivity index (χ0n) is 13.4. The van der Waals surface area contributed by atoms with Crippen molar-refractivity contribution >= 4 is 11.6 Å². The summed E-state index contributed by atoms with van der Waals surface area (Å²) in [4.78, 5) is 16.3. The first-order chi connectivity index (χ1) is 11.7. The van der Waals surface area contributed by atoms with Crippen LogP contribution in [0.15, 0.2) is 72.9 Å². The van der Waals surface area contributed by atoms with Gasteiger partial charge in [0.2, 0.25) is 11.8 Å². The maximum Gasteiger partial charge on any atom is 0.228 e. The summed E-state index contributed by atoms with van der Waals surface area (Å²) in [5.74, 6) is 1.19. The van der Waals surface area contributed by atoms with Crippen molar-refractivity contribution in [2.24, 2.45) is 0 Å². The lowest BCUT2D eigenvalue weighted by molar-refractivity contribution is -0.115. The third kappa shape index (κ3) is 4.20. The average Bonchev–Trinajstić information content (AvgIpc) is 2.59. The van der Waals surface area contributed by atoms with Crippen molar-refractivity contribution in [2.45, 2.75) is 13.3 Å². The number of carbonyl (C=O) groups excluding carboxylic acids is 1. The van der Waals surface area contributed by atoms with Gasteiger partial charge in [-0.05, 0) is 30.2 Å². The monoisotopic (exact) mass is 318 g/mol. The quantitative estimate of drug-likeness (QED) is 0.760. The van der Waals surface area contributed by atoms with Crippen LogP contribution in [0, 0.1) is 6.92 Å². The van der Waals surface area contributed by atoms with Gasteiger partial charge in [-0.15, -0.1) is 0 Å². The van der Waals surface area contributed by atoms with E-state index in [9.17, 15) is 4.79 Å². The Balaban J connectivity index is 1.60. The van der Waals surface area contributed by atoms with E-state index in [4.69, 9.17) is 4.74 Å². The lowest BCUT2D eigenvalue weighted by Crippen LogP contribution is -2.14. The molecule has 24 heavy (non-hydrogen) atoms. The van der Waals surface area contributed by atoms with Gasteiger partial charge in [-0.1, -0.05) is 48.5 Å². The van der Waals surface area contributed by atoms with Crippen molar-refractivity contribution in [2.75, 3.05) is 5.32 Å². The van der Waals surface area contributed by atoms with Gasteiger partial charge >= 0.3 is 0 Å². The number of pyridine rings is 1. The molecule has 1 amide bonds. The number of rotatable bonds is 5. The van der Waals surface area contributed by atoms with Crippen LogP contribution in [0.2, 0.25) is 0 Å². The van der Waals surface area contributed by atoms with Crippen molar-refractivity contribution in [1.29, 1.82) is 0 Å². The Labute approximate surface area is 141 Å². The molecule has 0 bridgehead atoms. The fourth-order valence-corrected chi connectivity index (χ4v) is 2.28. The molecule has 0 aliphatic rings. The second kappa shape index (κ2) is 7.42. The van der Waals surface area contributed by atoms with E-state index in [1.165, 1.54) is 0 Å². The van der Waals surface area contributed by atoms with Crippen LogP contribution in [0.5, 0.6) is 11.6 Å². The predicted octanol–water partition coefficient (Wildman–Crippen LogP) is 4.36. The number of ether oxygens (including phenoxy) is 1. The Morgan fingerprint density at radius 3 is 2.46 bits per heavy atom. The molecule has 0 saturated heterocycles. The van der Waals surface area contributed by atoms with Crippen LogP contribution in [0.25, 0.3) is 0 Å². The number of carbonyl (C=O) groups is 1. The summed E-state index contributed by atoms with van der Waals surface area (Å²) in [6.07, 6.45) is 1.93. The first-order valence-electron chi connectivity index (χ1n) is 7.74. The van der Waals surface area contributed by atoms with E-state index in [1.54, 1.807) is 18.3 Å². The molecule has 1 N–H and O–H groups in total. The summed E-state index contributed by atoms with van der Waals surface area (Å²) in [6, 6.07) is 20.9. The fraction of sp³-hybridized carbons (Fsp3) is 0.100. The van der Waals surface area contributed by atoms with Crippen molar-refractivity contribution in [3.05, 3.63) is 84.1 Å². The van der Waals surface area contributed by atoms with Crippen molar-refractivity contribution in [1.82, 2.24) is 4.98 Å². The molecule has 0 aliphatic carbocycles. The molecule has 1 heterocycles. The number of benzene rings is 2. The Bertz CT molecular complexity index is 815. The molecule has 0 radical (unpaired) electrons. The maximum atomic E-state index is 12.0. The molecule has 4 heteroatoms. The molecular formula is C20H18N2O2. The summed E-state index contributed by atoms with van der Waals surface area (Å²) < 4.78 is 5.74. The maximum absolute atomic E-state index is 12.0. The highest BCUT2D eigenvalue weighted by molar-refractivity contribution is 5.92. The summed E-state index contributed by atoms with van der Waals surface area (Å²) in [7, 11) is 0. The molecular weight excluding hydrogens is 300 g/mol. The lowest BCUT2D eigenvalue weighted by atomic mass is 10.1. The van der Waals surface area contributed by atoms with E-state index in [2.05, 4.69) is 10.3 Å². The number of hydrogen-bond donors (Lipinski definition) is 1. The molecule has 4 nitrogen and oxygen atoms in total. The molecule has 0 unspecified atom stereocenters. The number of amides is 1. The van der Waals surface area contributed by atoms with Crippen LogP contribution < -0.4 is 10.1 Å². The van der Waals surface area contributed by atoms with Gasteiger partial charge in [-0.3, -0.25) is 4.79 Å². The van der Waals surface area contributed by atoms with E-state index in [-0.39, 0.29) is 5.91 Å². The molecule has 0 saturated carbocycles. The van der Waals surface area contributed by atoms with Gasteiger partial charge in [0.05, 0.1) is 18.3 Å². The highest BCUT2D eigenvalue weighted by Gasteiger charge is 2.06. The number of para-hydroxylation sites is 1. The first-order valence-corrected chi connectivity index (χ1v) is 7.74. The van der Waals surface area contributed by atoms with Gasteiger partial charge < -0.3 is 10.1 Å². The largest absolute Gasteiger partial charge is 0.439 e. The molecule has 0 spiro atoms. The summed E-state index contributed by atoms with van der Waals surface area (Å²) >= 11 is 0. The standard InChI is InChI=1S/C20H18N2O2/c1-15-7-5-6-10-18(15)24-20-12-11-17(14-21-20)22-19(23)13-16-8-3-2-4-9-16/h2-12,14H,13H2,1H3,(H,22,23). The van der Waals surface area contributed by atoms with Crippen molar-refractivity contribution in [3.63, 3.8) is 0 Å². The van der Waals surface area contributed by atoms with Gasteiger partial charge in [0, 0.05) is 6.07 Å². The third-order valence-corrected chi connectivity index (χ3v) is 3.54. The molecule has 2 aromatic carbocycles. The summed E-state index contributed by atoms with van der Waals surface area (Å²) in [6.45, 7) is 1.98. The average molecular weight is 318 g/mol. The van der Waals surface area contributed by atoms with Crippen molar-refractivity contribution in [3.8, 4) is 11.6 Å². The van der Waals surface area contributed by atoms with E-state index in [1.807, 2.05) is 61.5 Å². The van der Waals surface area contributed by atoms with Crippen molar-refractivity contribution < 1.29 is 9.53 Å². The molecule has 0 fully saturated rings. The summed E-state index contributed by atoms with van der Waals surface area (Å²) in [5, 5.41) is 2.84. The zero-order chi connectivity index (χ0) is 16.8. The second-order valence-corrected chi connectivity index (χ2v) is 5.46. The Kier molecular flexibility index (Phi) is 4.87. The van der Waals surface area contributed by atoms with Gasteiger partial charge in [0.25, 0.3) is 0 Å². The third-order valence-electron chi connectivity index (χ3n) is 3.54. The minimum absolute atomic E-state index is 0.0735. The minimum atomic E-state index is -0.0735. The molecule has 1 aromatic heterocycles. The highest BCUT2D eigenvalue weighted by atomic mass is 16.5. The number of aryl methyl sites for hydroxylation is 1. The Morgan fingerprint density at radius 1 is 1.00 bits per heavy atom. The molecule has 3 aromatic rings. The Hall–Kier alpha value is -3.14. The SMILES string of the molecule is Cc1ccccc1Oc1ccc(NC(=O)Cc2ccccc2)cn1. The number of aromatic nitrogens is 1. The first kappa shape index (κ1) is 15.7. The van der Waals surface area contributed by atoms with Gasteiger partial charge in [0.15, 0.2) is 0 Å². The van der Waals surface area contributed by atoms with Gasteiger partial charge in [-0.25, -0.2) is 4.98 Å². The van der Waals surface area contributed by atoms with E-state index in [0.717, 1.165) is 16.9 Å². The molecule has 0 aliphatic heterocycles. The number of nitrogens with one attached hydrogen (secondary N) is 1. The van der Waals surface area contributed by atoms with Gasteiger partial charge in [0.1, 0.15) is 5.75 Å². The molecule has 0 atom stereocenters. The second-order valence-electron chi connectivity index (χ2n) is 5.46. The zero-order valence-corrected chi connectivity index (χ0v) is 13.4. The molecule has 3 rings (SSSR count). The number of hydrogen-bond acceptors (Lipinski definition) is 3. The van der Waals surface area contributed by atoms with Crippen LogP contribution >= 0.6 is 0 Å². The number of anilines is 1. The summed E-state index contributed by atoms with van der Waals surface area (Å²) in [5.41, 5.74) is 2.66. The van der Waals surface area contributed by atoms with E-state index < -0.39 is 0 Å². The molecule has 120 valence electrons. The van der Waals surface area contributed by atoms with Crippen LogP contribution in [0.1, 0.15) is 11.1 Å². The normalized spacial score (nSPS) is 10.2. The van der Waals surface area contributed by atoms with Gasteiger partial charge in [-0.2, -0.15) is 0 Å². The minimum Gasteiger partial charge on any atom is -0.439 e. The fourth-order valence-electron chi connectivity index (χ4n) is 2.28. The predicted molar refractivity (Wildman–Crippen MR) is 94.3 cm³/mol. The van der Waals surface area contributed by atoms with Crippen LogP contribution in [0.3, 0.4) is 0 Å². The number of nitrogens with zero attached hydrogens (tertiary/aromatic N) is 1. The van der Waals surface area contributed by atoms with E-state index in [0.29, 0.717) is 18.0 Å².